The van der Waals surface area contributed by atoms with Gasteiger partial charge in [0.25, 0.3) is 0 Å². The predicted molar refractivity (Wildman–Crippen MR) is 83.5 cm³/mol. The van der Waals surface area contributed by atoms with E-state index in [0.717, 1.165) is 25.6 Å². The molecule has 1 fully saturated rings. The van der Waals surface area contributed by atoms with E-state index < -0.39 is 0 Å². The molecule has 0 atom stereocenters. The van der Waals surface area contributed by atoms with Gasteiger partial charge in [0.15, 0.2) is 0 Å². The van der Waals surface area contributed by atoms with Crippen molar-refractivity contribution in [3.8, 4) is 0 Å². The molecular weight excluding hydrogens is 234 g/mol. The number of rotatable bonds is 7. The second-order valence-corrected chi connectivity index (χ2v) is 8.36. The maximum Gasteiger partial charge on any atom is 0.0575 e. The molecule has 1 N–H and O–H groups in total. The SMILES string of the molecule is CC(C)CNCC(C)(C)COC1CCC(C)(C)CC1. The van der Waals surface area contributed by atoms with Crippen molar-refractivity contribution < 1.29 is 4.74 Å². The van der Waals surface area contributed by atoms with Crippen LogP contribution in [-0.4, -0.2) is 25.8 Å². The second-order valence-electron chi connectivity index (χ2n) is 8.36. The van der Waals surface area contributed by atoms with E-state index in [0.29, 0.717) is 11.5 Å². The molecule has 1 aliphatic carbocycles. The summed E-state index contributed by atoms with van der Waals surface area (Å²) in [4.78, 5) is 0. The molecule has 0 unspecified atom stereocenters. The molecular formula is C17H35NO. The summed E-state index contributed by atoms with van der Waals surface area (Å²) in [5.74, 6) is 0.720. The van der Waals surface area contributed by atoms with Gasteiger partial charge in [0.1, 0.15) is 0 Å². The lowest BCUT2D eigenvalue weighted by Crippen LogP contribution is -2.37. The molecule has 2 nitrogen and oxygen atoms in total. The smallest absolute Gasteiger partial charge is 0.0575 e. The Morgan fingerprint density at radius 2 is 1.79 bits per heavy atom. The molecule has 0 aromatic rings. The Morgan fingerprint density at radius 1 is 1.21 bits per heavy atom. The summed E-state index contributed by atoms with van der Waals surface area (Å²) < 4.78 is 6.16. The normalized spacial score (nSPS) is 21.0. The molecule has 0 amide bonds. The van der Waals surface area contributed by atoms with E-state index in [9.17, 15) is 0 Å². The molecule has 19 heavy (non-hydrogen) atoms. The molecule has 1 saturated carbocycles. The van der Waals surface area contributed by atoms with Gasteiger partial charge in [0, 0.05) is 12.0 Å². The van der Waals surface area contributed by atoms with Gasteiger partial charge in [-0.15, -0.1) is 0 Å². The van der Waals surface area contributed by atoms with E-state index >= 15 is 0 Å². The molecule has 0 aromatic carbocycles. The molecule has 2 heteroatoms. The third kappa shape index (κ3) is 7.31. The van der Waals surface area contributed by atoms with E-state index in [1.165, 1.54) is 25.7 Å². The summed E-state index contributed by atoms with van der Waals surface area (Å²) in [5.41, 5.74) is 0.774. The maximum atomic E-state index is 6.16. The van der Waals surface area contributed by atoms with Gasteiger partial charge in [0.2, 0.25) is 0 Å². The van der Waals surface area contributed by atoms with Crippen LogP contribution < -0.4 is 5.32 Å². The minimum atomic E-state index is 0.238. The quantitative estimate of drug-likeness (QED) is 0.746. The second kappa shape index (κ2) is 7.08. The van der Waals surface area contributed by atoms with Crippen molar-refractivity contribution in [1.29, 1.82) is 0 Å². The summed E-state index contributed by atoms with van der Waals surface area (Å²) in [6, 6.07) is 0. The number of hydrogen-bond acceptors (Lipinski definition) is 2. The van der Waals surface area contributed by atoms with Crippen LogP contribution in [0.1, 0.15) is 67.2 Å². The Kier molecular flexibility index (Phi) is 6.32. The van der Waals surface area contributed by atoms with Gasteiger partial charge in [-0.05, 0) is 43.6 Å². The van der Waals surface area contributed by atoms with Crippen LogP contribution in [0, 0.1) is 16.7 Å². The molecule has 0 bridgehead atoms. The van der Waals surface area contributed by atoms with Crippen molar-refractivity contribution in [3.05, 3.63) is 0 Å². The highest BCUT2D eigenvalue weighted by atomic mass is 16.5. The average Bonchev–Trinajstić information content (AvgIpc) is 2.27. The zero-order valence-electron chi connectivity index (χ0n) is 14.0. The zero-order chi connectivity index (χ0) is 14.5. The molecule has 0 radical (unpaired) electrons. The first-order valence-electron chi connectivity index (χ1n) is 8.03. The third-order valence-electron chi connectivity index (χ3n) is 4.15. The van der Waals surface area contributed by atoms with Crippen LogP contribution >= 0.6 is 0 Å². The molecule has 0 spiro atoms. The van der Waals surface area contributed by atoms with Crippen LogP contribution in [0.4, 0.5) is 0 Å². The molecule has 1 aliphatic rings. The Morgan fingerprint density at radius 3 is 2.32 bits per heavy atom. The van der Waals surface area contributed by atoms with Gasteiger partial charge in [-0.1, -0.05) is 41.5 Å². The van der Waals surface area contributed by atoms with Crippen LogP contribution in [-0.2, 0) is 4.74 Å². The minimum Gasteiger partial charge on any atom is -0.378 e. The first-order chi connectivity index (χ1) is 8.70. The summed E-state index contributed by atoms with van der Waals surface area (Å²) in [6.45, 7) is 16.9. The first-order valence-corrected chi connectivity index (χ1v) is 8.03. The Hall–Kier alpha value is -0.0800. The van der Waals surface area contributed by atoms with E-state index in [2.05, 4.69) is 46.9 Å². The largest absolute Gasteiger partial charge is 0.378 e. The van der Waals surface area contributed by atoms with Crippen LogP contribution in [0.5, 0.6) is 0 Å². The van der Waals surface area contributed by atoms with Gasteiger partial charge in [-0.2, -0.15) is 0 Å². The fourth-order valence-electron chi connectivity index (χ4n) is 2.63. The van der Waals surface area contributed by atoms with Crippen molar-refractivity contribution in [1.82, 2.24) is 5.32 Å². The van der Waals surface area contributed by atoms with E-state index in [-0.39, 0.29) is 5.41 Å². The van der Waals surface area contributed by atoms with Crippen LogP contribution in [0.25, 0.3) is 0 Å². The lowest BCUT2D eigenvalue weighted by Gasteiger charge is -2.36. The zero-order valence-corrected chi connectivity index (χ0v) is 14.0. The summed E-state index contributed by atoms with van der Waals surface area (Å²) in [5, 5.41) is 3.55. The molecule has 0 saturated heterocycles. The van der Waals surface area contributed by atoms with Crippen molar-refractivity contribution in [2.24, 2.45) is 16.7 Å². The summed E-state index contributed by atoms with van der Waals surface area (Å²) in [6.07, 6.45) is 5.59. The van der Waals surface area contributed by atoms with Gasteiger partial charge < -0.3 is 10.1 Å². The minimum absolute atomic E-state index is 0.238. The lowest BCUT2D eigenvalue weighted by atomic mass is 9.76. The van der Waals surface area contributed by atoms with Crippen molar-refractivity contribution in [3.63, 3.8) is 0 Å². The summed E-state index contributed by atoms with van der Waals surface area (Å²) in [7, 11) is 0. The van der Waals surface area contributed by atoms with E-state index in [4.69, 9.17) is 4.74 Å². The molecule has 0 aromatic heterocycles. The fourth-order valence-corrected chi connectivity index (χ4v) is 2.63. The number of hydrogen-bond donors (Lipinski definition) is 1. The number of ether oxygens (including phenoxy) is 1. The Balaban J connectivity index is 2.20. The molecule has 0 aliphatic heterocycles. The van der Waals surface area contributed by atoms with Gasteiger partial charge in [-0.25, -0.2) is 0 Å². The average molecular weight is 269 g/mol. The van der Waals surface area contributed by atoms with E-state index in [1.54, 1.807) is 0 Å². The monoisotopic (exact) mass is 269 g/mol. The highest BCUT2D eigenvalue weighted by Gasteiger charge is 2.28. The van der Waals surface area contributed by atoms with Crippen molar-refractivity contribution in [2.75, 3.05) is 19.7 Å². The Labute approximate surface area is 120 Å². The highest BCUT2D eigenvalue weighted by Crippen LogP contribution is 2.36. The topological polar surface area (TPSA) is 21.3 Å². The fraction of sp³-hybridized carbons (Fsp3) is 1.00. The van der Waals surface area contributed by atoms with E-state index in [1.807, 2.05) is 0 Å². The molecule has 0 heterocycles. The van der Waals surface area contributed by atoms with Crippen LogP contribution in [0.2, 0.25) is 0 Å². The maximum absolute atomic E-state index is 6.16. The third-order valence-corrected chi connectivity index (χ3v) is 4.15. The predicted octanol–water partition coefficient (Wildman–Crippen LogP) is 4.24. The highest BCUT2D eigenvalue weighted by molar-refractivity contribution is 4.80. The first kappa shape index (κ1) is 17.0. The van der Waals surface area contributed by atoms with Gasteiger partial charge in [0.05, 0.1) is 12.7 Å². The molecule has 114 valence electrons. The van der Waals surface area contributed by atoms with Crippen LogP contribution in [0.15, 0.2) is 0 Å². The number of nitrogens with one attached hydrogen (secondary N) is 1. The van der Waals surface area contributed by atoms with Gasteiger partial charge in [-0.3, -0.25) is 0 Å². The standard InChI is InChI=1S/C17H35NO/c1-14(2)11-18-12-17(5,6)13-19-15-7-9-16(3,4)10-8-15/h14-15,18H,7-13H2,1-6H3. The van der Waals surface area contributed by atoms with Crippen molar-refractivity contribution >= 4 is 0 Å². The summed E-state index contributed by atoms with van der Waals surface area (Å²) >= 11 is 0. The van der Waals surface area contributed by atoms with Gasteiger partial charge >= 0.3 is 0 Å². The Bertz CT molecular complexity index is 248. The molecule has 1 rings (SSSR count). The van der Waals surface area contributed by atoms with Crippen molar-refractivity contribution in [2.45, 2.75) is 73.3 Å². The lowest BCUT2D eigenvalue weighted by molar-refractivity contribution is -0.0305. The van der Waals surface area contributed by atoms with Crippen LogP contribution in [0.3, 0.4) is 0 Å².